The number of oxime groups is 1. The van der Waals surface area contributed by atoms with Gasteiger partial charge in [0.1, 0.15) is 0 Å². The molecule has 1 N–H and O–H groups in total. The molecule has 0 bridgehead atoms. The maximum atomic E-state index is 11.9. The van der Waals surface area contributed by atoms with Gasteiger partial charge in [0.15, 0.2) is 17.6 Å². The molecule has 0 radical (unpaired) electrons. The smallest absolute Gasteiger partial charge is 0.356 e. The third-order valence-electron chi connectivity index (χ3n) is 2.67. The number of aliphatic hydroxyl groups is 1. The van der Waals surface area contributed by atoms with E-state index in [1.165, 1.54) is 0 Å². The monoisotopic (exact) mass is 283 g/mol. The molecule has 7 heteroatoms. The van der Waals surface area contributed by atoms with Gasteiger partial charge in [-0.1, -0.05) is 23.3 Å². The lowest BCUT2D eigenvalue weighted by Crippen LogP contribution is -2.39. The molecule has 2 atom stereocenters. The summed E-state index contributed by atoms with van der Waals surface area (Å²) in [4.78, 5) is 28.5. The average Bonchev–Trinajstić information content (AvgIpc) is 2.61. The standard InChI is InChI=1S/C13H13NO6/c1-18-12(16)10-9(11(15)13(17)19-2)7-5-3-4-6-8(7)20-14-10/h3-6,9,11,15H,1-2H3/t9-,11+/m1/s1/i3D,4D,5D,6D. The minimum absolute atomic E-state index is 0.283. The van der Waals surface area contributed by atoms with Gasteiger partial charge in [0.2, 0.25) is 0 Å². The van der Waals surface area contributed by atoms with Crippen molar-refractivity contribution in [3.05, 3.63) is 29.7 Å². The number of nitrogens with zero attached hydrogens (tertiary/aromatic N) is 1. The fraction of sp³-hybridized carbons (Fsp3) is 0.308. The molecular formula is C13H13NO6. The Kier molecular flexibility index (Phi) is 2.71. The first-order chi connectivity index (χ1) is 11.3. The Morgan fingerprint density at radius 1 is 1.40 bits per heavy atom. The minimum Gasteiger partial charge on any atom is -0.467 e. The zero-order valence-corrected chi connectivity index (χ0v) is 10.6. The van der Waals surface area contributed by atoms with Crippen molar-refractivity contribution in [3.8, 4) is 5.75 Å². The number of carbonyl (C=O) groups is 2. The van der Waals surface area contributed by atoms with Crippen LogP contribution in [0.2, 0.25) is 0 Å². The molecule has 106 valence electrons. The van der Waals surface area contributed by atoms with Crippen LogP contribution in [0.4, 0.5) is 0 Å². The highest BCUT2D eigenvalue weighted by Crippen LogP contribution is 2.34. The van der Waals surface area contributed by atoms with Crippen LogP contribution in [-0.2, 0) is 19.1 Å². The predicted molar refractivity (Wildman–Crippen MR) is 67.3 cm³/mol. The topological polar surface area (TPSA) is 94.4 Å². The summed E-state index contributed by atoms with van der Waals surface area (Å²) in [5.41, 5.74) is -0.803. The molecule has 1 aromatic rings. The van der Waals surface area contributed by atoms with Gasteiger partial charge in [0.05, 0.1) is 25.6 Å². The summed E-state index contributed by atoms with van der Waals surface area (Å²) in [5, 5.41) is 13.7. The van der Waals surface area contributed by atoms with Crippen LogP contribution in [0, 0.1) is 0 Å². The molecule has 0 amide bonds. The van der Waals surface area contributed by atoms with Gasteiger partial charge in [-0.15, -0.1) is 0 Å². The van der Waals surface area contributed by atoms with Crippen molar-refractivity contribution in [1.29, 1.82) is 0 Å². The van der Waals surface area contributed by atoms with E-state index in [9.17, 15) is 14.7 Å². The number of esters is 2. The lowest BCUT2D eigenvalue weighted by molar-refractivity contribution is -0.150. The van der Waals surface area contributed by atoms with Crippen LogP contribution in [0.3, 0.4) is 0 Å². The van der Waals surface area contributed by atoms with Crippen molar-refractivity contribution in [3.63, 3.8) is 0 Å². The average molecular weight is 283 g/mol. The van der Waals surface area contributed by atoms with E-state index < -0.39 is 53.8 Å². The number of ether oxygens (including phenoxy) is 2. The summed E-state index contributed by atoms with van der Waals surface area (Å²) in [6.45, 7) is 0. The van der Waals surface area contributed by atoms with Gasteiger partial charge in [-0.2, -0.15) is 0 Å². The molecule has 1 heterocycles. The second-order valence-corrected chi connectivity index (χ2v) is 3.75. The van der Waals surface area contributed by atoms with Crippen molar-refractivity contribution < 1.29 is 34.5 Å². The number of para-hydroxylation sites is 1. The van der Waals surface area contributed by atoms with Gasteiger partial charge in [-0.05, 0) is 6.04 Å². The van der Waals surface area contributed by atoms with Crippen LogP contribution in [-0.4, -0.2) is 43.1 Å². The first-order valence-corrected chi connectivity index (χ1v) is 5.45. The van der Waals surface area contributed by atoms with Gasteiger partial charge in [-0.3, -0.25) is 0 Å². The Labute approximate surface area is 120 Å². The number of fused-ring (bicyclic) bond motifs is 1. The van der Waals surface area contributed by atoms with Crippen molar-refractivity contribution in [2.24, 2.45) is 5.16 Å². The van der Waals surface area contributed by atoms with E-state index in [0.717, 1.165) is 14.2 Å². The molecule has 0 fully saturated rings. The van der Waals surface area contributed by atoms with Gasteiger partial charge in [0.25, 0.3) is 0 Å². The molecule has 0 saturated carbocycles. The lowest BCUT2D eigenvalue weighted by Gasteiger charge is -2.26. The van der Waals surface area contributed by atoms with E-state index in [4.69, 9.17) is 10.3 Å². The molecule has 0 aromatic heterocycles. The highest BCUT2D eigenvalue weighted by molar-refractivity contribution is 6.39. The SMILES string of the molecule is [2H]c1c([2H])c([2H])c2c(c1[2H])ON=C(C(=O)OC)[C@@H]2[C@H](O)C(=O)OC. The fourth-order valence-electron chi connectivity index (χ4n) is 1.72. The van der Waals surface area contributed by atoms with Crippen LogP contribution >= 0.6 is 0 Å². The first-order valence-electron chi connectivity index (χ1n) is 7.45. The number of hydrogen-bond acceptors (Lipinski definition) is 7. The normalized spacial score (nSPS) is 20.9. The van der Waals surface area contributed by atoms with Crippen LogP contribution in [0.15, 0.2) is 29.3 Å². The molecule has 2 rings (SSSR count). The van der Waals surface area contributed by atoms with Gasteiger partial charge in [-0.25, -0.2) is 9.59 Å². The Bertz CT molecular complexity index is 751. The van der Waals surface area contributed by atoms with E-state index in [1.54, 1.807) is 0 Å². The molecule has 1 aromatic carbocycles. The van der Waals surface area contributed by atoms with Crippen LogP contribution in [0.25, 0.3) is 0 Å². The van der Waals surface area contributed by atoms with E-state index in [-0.39, 0.29) is 11.3 Å². The van der Waals surface area contributed by atoms with Gasteiger partial charge >= 0.3 is 11.9 Å². The van der Waals surface area contributed by atoms with Gasteiger partial charge < -0.3 is 19.4 Å². The van der Waals surface area contributed by atoms with Crippen molar-refractivity contribution in [2.45, 2.75) is 12.0 Å². The largest absolute Gasteiger partial charge is 0.467 e. The van der Waals surface area contributed by atoms with Crippen molar-refractivity contribution in [2.75, 3.05) is 14.2 Å². The zero-order chi connectivity index (χ0) is 18.2. The van der Waals surface area contributed by atoms with E-state index >= 15 is 0 Å². The third-order valence-corrected chi connectivity index (χ3v) is 2.67. The Hall–Kier alpha value is -2.41. The third kappa shape index (κ3) is 2.35. The summed E-state index contributed by atoms with van der Waals surface area (Å²) in [6.07, 6.45) is -1.95. The Morgan fingerprint density at radius 3 is 2.75 bits per heavy atom. The number of rotatable bonds is 3. The van der Waals surface area contributed by atoms with Crippen molar-refractivity contribution in [1.82, 2.24) is 0 Å². The van der Waals surface area contributed by atoms with E-state index in [0.29, 0.717) is 0 Å². The zero-order valence-electron chi connectivity index (χ0n) is 14.6. The van der Waals surface area contributed by atoms with Gasteiger partial charge in [0, 0.05) is 5.56 Å². The molecule has 7 nitrogen and oxygen atoms in total. The number of aliphatic hydroxyl groups excluding tert-OH is 1. The number of carbonyl (C=O) groups excluding carboxylic acids is 2. The summed E-state index contributed by atoms with van der Waals surface area (Å²) >= 11 is 0. The fourth-order valence-corrected chi connectivity index (χ4v) is 1.72. The van der Waals surface area contributed by atoms with E-state index in [1.807, 2.05) is 0 Å². The lowest BCUT2D eigenvalue weighted by atomic mass is 9.87. The summed E-state index contributed by atoms with van der Waals surface area (Å²) < 4.78 is 40.1. The number of methoxy groups -OCH3 is 2. The van der Waals surface area contributed by atoms with E-state index in [2.05, 4.69) is 14.6 Å². The molecule has 1 aliphatic rings. The summed E-state index contributed by atoms with van der Waals surface area (Å²) in [6, 6.07) is -2.33. The van der Waals surface area contributed by atoms with Crippen molar-refractivity contribution >= 4 is 17.7 Å². The minimum atomic E-state index is -1.95. The molecule has 0 saturated heterocycles. The highest BCUT2D eigenvalue weighted by atomic mass is 16.6. The second kappa shape index (κ2) is 5.70. The Balaban J connectivity index is 2.75. The molecule has 20 heavy (non-hydrogen) atoms. The highest BCUT2D eigenvalue weighted by Gasteiger charge is 2.40. The summed E-state index contributed by atoms with van der Waals surface area (Å²) in [5.74, 6) is -4.06. The predicted octanol–water partition coefficient (Wildman–Crippen LogP) is 0.225. The first kappa shape index (κ1) is 9.49. The quantitative estimate of drug-likeness (QED) is 0.798. The second-order valence-electron chi connectivity index (χ2n) is 3.75. The molecule has 0 spiro atoms. The van der Waals surface area contributed by atoms with Crippen LogP contribution < -0.4 is 4.84 Å². The van der Waals surface area contributed by atoms with Crippen LogP contribution in [0.5, 0.6) is 5.75 Å². The molecule has 1 aliphatic heterocycles. The van der Waals surface area contributed by atoms with Crippen LogP contribution in [0.1, 0.15) is 17.0 Å². The molecular weight excluding hydrogens is 266 g/mol. The maximum Gasteiger partial charge on any atom is 0.356 e. The Morgan fingerprint density at radius 2 is 2.10 bits per heavy atom. The number of benzene rings is 1. The maximum absolute atomic E-state index is 11.9. The molecule has 0 aliphatic carbocycles. The molecule has 0 unspecified atom stereocenters. The number of hydrogen-bond donors (Lipinski definition) is 1. The summed E-state index contributed by atoms with van der Waals surface area (Å²) in [7, 11) is 2.06.